The molecule has 2 saturated heterocycles. The SMILES string of the molecule is CCN1CCC(n2ccc3ccc(C(N)=O)cc32)C[C@H]1c1cccc(N2CCCCC2)c1OC. The Labute approximate surface area is 202 Å². The number of methoxy groups -OCH3 is 1. The number of primary amides is 1. The molecular weight excluding hydrogens is 424 g/mol. The molecule has 0 saturated carbocycles. The number of para-hydroxylation sites is 1. The first-order valence-corrected chi connectivity index (χ1v) is 12.7. The highest BCUT2D eigenvalue weighted by Gasteiger charge is 2.33. The van der Waals surface area contributed by atoms with Gasteiger partial charge in [0.1, 0.15) is 5.75 Å². The van der Waals surface area contributed by atoms with E-state index >= 15 is 0 Å². The lowest BCUT2D eigenvalue weighted by molar-refractivity contribution is 0.1000. The van der Waals surface area contributed by atoms with E-state index < -0.39 is 0 Å². The first-order chi connectivity index (χ1) is 16.6. The number of nitrogens with zero attached hydrogens (tertiary/aromatic N) is 3. The number of hydrogen-bond acceptors (Lipinski definition) is 4. The molecule has 2 fully saturated rings. The number of carbonyl (C=O) groups is 1. The number of amides is 1. The summed E-state index contributed by atoms with van der Waals surface area (Å²) in [5, 5.41) is 1.14. The number of piperidine rings is 2. The van der Waals surface area contributed by atoms with E-state index in [1.54, 1.807) is 0 Å². The zero-order valence-electron chi connectivity index (χ0n) is 20.4. The summed E-state index contributed by atoms with van der Waals surface area (Å²) in [5.41, 5.74) is 9.73. The molecule has 2 aliphatic rings. The average Bonchev–Trinajstić information content (AvgIpc) is 3.31. The Kier molecular flexibility index (Phi) is 6.50. The summed E-state index contributed by atoms with van der Waals surface area (Å²) < 4.78 is 8.44. The van der Waals surface area contributed by atoms with Crippen LogP contribution < -0.4 is 15.4 Å². The van der Waals surface area contributed by atoms with E-state index in [4.69, 9.17) is 10.5 Å². The molecule has 2 N–H and O–H groups in total. The highest BCUT2D eigenvalue weighted by molar-refractivity contribution is 5.97. The monoisotopic (exact) mass is 460 g/mol. The van der Waals surface area contributed by atoms with Crippen molar-refractivity contribution in [2.24, 2.45) is 5.73 Å². The van der Waals surface area contributed by atoms with Gasteiger partial charge in [0.05, 0.1) is 12.8 Å². The van der Waals surface area contributed by atoms with Crippen LogP contribution >= 0.6 is 0 Å². The van der Waals surface area contributed by atoms with Gasteiger partial charge in [0, 0.05) is 54.6 Å². The number of aromatic nitrogens is 1. The van der Waals surface area contributed by atoms with Crippen LogP contribution in [0.1, 0.15) is 67.0 Å². The van der Waals surface area contributed by atoms with Crippen LogP contribution in [-0.4, -0.2) is 48.7 Å². The predicted molar refractivity (Wildman–Crippen MR) is 138 cm³/mol. The van der Waals surface area contributed by atoms with Crippen LogP contribution in [0.2, 0.25) is 0 Å². The van der Waals surface area contributed by atoms with Crippen molar-refractivity contribution < 1.29 is 9.53 Å². The summed E-state index contributed by atoms with van der Waals surface area (Å²) in [5.74, 6) is 0.648. The number of benzene rings is 2. The largest absolute Gasteiger partial charge is 0.494 e. The van der Waals surface area contributed by atoms with Crippen LogP contribution in [0.25, 0.3) is 10.9 Å². The lowest BCUT2D eigenvalue weighted by atomic mass is 9.90. The Balaban J connectivity index is 1.50. The molecule has 6 nitrogen and oxygen atoms in total. The third-order valence-corrected chi connectivity index (χ3v) is 7.78. The minimum Gasteiger partial charge on any atom is -0.494 e. The molecule has 3 heterocycles. The fourth-order valence-electron chi connectivity index (χ4n) is 5.98. The van der Waals surface area contributed by atoms with Crippen LogP contribution in [-0.2, 0) is 0 Å². The van der Waals surface area contributed by atoms with E-state index in [0.29, 0.717) is 11.6 Å². The number of rotatable bonds is 6. The molecule has 0 spiro atoms. The second-order valence-corrected chi connectivity index (χ2v) is 9.63. The zero-order valence-corrected chi connectivity index (χ0v) is 20.4. The lowest BCUT2D eigenvalue weighted by Gasteiger charge is -2.41. The average molecular weight is 461 g/mol. The molecule has 180 valence electrons. The molecule has 0 radical (unpaired) electrons. The van der Waals surface area contributed by atoms with Gasteiger partial charge in [-0.25, -0.2) is 0 Å². The predicted octanol–water partition coefficient (Wildman–Crippen LogP) is 5.14. The molecule has 1 unspecified atom stereocenters. The second kappa shape index (κ2) is 9.71. The third kappa shape index (κ3) is 4.16. The van der Waals surface area contributed by atoms with E-state index in [0.717, 1.165) is 55.7 Å². The van der Waals surface area contributed by atoms with Crippen LogP contribution in [0.3, 0.4) is 0 Å². The molecule has 6 heteroatoms. The van der Waals surface area contributed by atoms with Crippen molar-refractivity contribution in [2.75, 3.05) is 38.2 Å². The Hall–Kier alpha value is -2.99. The Bertz CT molecular complexity index is 1160. The summed E-state index contributed by atoms with van der Waals surface area (Å²) in [6.45, 7) is 6.48. The van der Waals surface area contributed by atoms with Gasteiger partial charge >= 0.3 is 0 Å². The molecule has 1 amide bonds. The highest BCUT2D eigenvalue weighted by atomic mass is 16.5. The molecule has 2 aromatic carbocycles. The normalized spacial score (nSPS) is 21.6. The number of likely N-dealkylation sites (tertiary alicyclic amines) is 1. The molecule has 5 rings (SSSR count). The molecule has 1 aromatic heterocycles. The van der Waals surface area contributed by atoms with Gasteiger partial charge in [-0.15, -0.1) is 0 Å². The first-order valence-electron chi connectivity index (χ1n) is 12.7. The van der Waals surface area contributed by atoms with Crippen LogP contribution in [0.4, 0.5) is 5.69 Å². The van der Waals surface area contributed by atoms with Crippen molar-refractivity contribution in [3.05, 3.63) is 59.8 Å². The number of hydrogen-bond donors (Lipinski definition) is 1. The molecule has 0 bridgehead atoms. The Morgan fingerprint density at radius 1 is 1.09 bits per heavy atom. The molecule has 3 aromatic rings. The third-order valence-electron chi connectivity index (χ3n) is 7.78. The Morgan fingerprint density at radius 2 is 1.91 bits per heavy atom. The standard InChI is InChI=1S/C28H36N4O2/c1-3-30-16-13-22(32-17-12-20-10-11-21(28(29)33)18-25(20)32)19-26(30)23-8-7-9-24(27(23)34-2)31-14-5-4-6-15-31/h7-12,17-18,22,26H,3-6,13-16,19H2,1-2H3,(H2,29,33)/t22?,26-/m0/s1. The summed E-state index contributed by atoms with van der Waals surface area (Å²) in [4.78, 5) is 16.9. The minimum absolute atomic E-state index is 0.278. The summed E-state index contributed by atoms with van der Waals surface area (Å²) in [7, 11) is 1.81. The molecule has 34 heavy (non-hydrogen) atoms. The summed E-state index contributed by atoms with van der Waals surface area (Å²) in [6, 6.07) is 15.2. The number of ether oxygens (including phenoxy) is 1. The lowest BCUT2D eigenvalue weighted by Crippen LogP contribution is -2.38. The van der Waals surface area contributed by atoms with E-state index in [1.807, 2.05) is 25.3 Å². The molecule has 2 atom stereocenters. The topological polar surface area (TPSA) is 63.7 Å². The van der Waals surface area contributed by atoms with Gasteiger partial charge in [0.2, 0.25) is 5.91 Å². The van der Waals surface area contributed by atoms with E-state index in [1.165, 1.54) is 30.5 Å². The van der Waals surface area contributed by atoms with Gasteiger partial charge in [-0.2, -0.15) is 0 Å². The first kappa shape index (κ1) is 22.8. The van der Waals surface area contributed by atoms with Crippen molar-refractivity contribution in [2.45, 2.75) is 51.1 Å². The smallest absolute Gasteiger partial charge is 0.248 e. The number of fused-ring (bicyclic) bond motifs is 1. The minimum atomic E-state index is -0.382. The van der Waals surface area contributed by atoms with Crippen molar-refractivity contribution >= 4 is 22.5 Å². The van der Waals surface area contributed by atoms with Gasteiger partial charge in [0.15, 0.2) is 0 Å². The Morgan fingerprint density at radius 3 is 2.65 bits per heavy atom. The summed E-state index contributed by atoms with van der Waals surface area (Å²) >= 11 is 0. The zero-order chi connectivity index (χ0) is 23.7. The van der Waals surface area contributed by atoms with Gasteiger partial charge in [-0.3, -0.25) is 9.69 Å². The number of anilines is 1. The van der Waals surface area contributed by atoms with Gasteiger partial charge < -0.3 is 19.9 Å². The maximum absolute atomic E-state index is 11.8. The quantitative estimate of drug-likeness (QED) is 0.553. The maximum atomic E-state index is 11.8. The molecule has 2 aliphatic heterocycles. The number of carbonyl (C=O) groups excluding carboxylic acids is 1. The van der Waals surface area contributed by atoms with Gasteiger partial charge in [0.25, 0.3) is 0 Å². The van der Waals surface area contributed by atoms with E-state index in [-0.39, 0.29) is 11.9 Å². The molecule has 0 aliphatic carbocycles. The van der Waals surface area contributed by atoms with E-state index in [9.17, 15) is 4.79 Å². The molecular formula is C28H36N4O2. The van der Waals surface area contributed by atoms with Gasteiger partial charge in [-0.1, -0.05) is 25.1 Å². The van der Waals surface area contributed by atoms with Gasteiger partial charge in [-0.05, 0) is 68.3 Å². The van der Waals surface area contributed by atoms with E-state index in [2.05, 4.69) is 51.8 Å². The highest BCUT2D eigenvalue weighted by Crippen LogP contribution is 2.44. The maximum Gasteiger partial charge on any atom is 0.248 e. The van der Waals surface area contributed by atoms with Crippen molar-refractivity contribution in [3.8, 4) is 5.75 Å². The van der Waals surface area contributed by atoms with Crippen LogP contribution in [0.5, 0.6) is 5.75 Å². The summed E-state index contributed by atoms with van der Waals surface area (Å²) in [6.07, 6.45) is 8.04. The van der Waals surface area contributed by atoms with Crippen molar-refractivity contribution in [1.29, 1.82) is 0 Å². The van der Waals surface area contributed by atoms with Crippen LogP contribution in [0, 0.1) is 0 Å². The fourth-order valence-corrected chi connectivity index (χ4v) is 5.98. The van der Waals surface area contributed by atoms with Crippen molar-refractivity contribution in [3.63, 3.8) is 0 Å². The number of nitrogens with two attached hydrogens (primary N) is 1. The fraction of sp³-hybridized carbons (Fsp3) is 0.464. The van der Waals surface area contributed by atoms with Crippen LogP contribution in [0.15, 0.2) is 48.7 Å². The second-order valence-electron chi connectivity index (χ2n) is 9.63. The van der Waals surface area contributed by atoms with Crippen molar-refractivity contribution in [1.82, 2.24) is 9.47 Å².